The molecule has 0 aliphatic carbocycles. The average molecular weight is 543 g/mol. The maximum atomic E-state index is 13.5. The number of carbonyl (C=O) groups excluding carboxylic acids is 3. The summed E-state index contributed by atoms with van der Waals surface area (Å²) in [6, 6.07) is 21.0. The summed E-state index contributed by atoms with van der Waals surface area (Å²) in [5.41, 5.74) is 9.45. The average Bonchev–Trinajstić information content (AvgIpc) is 2.95. The summed E-state index contributed by atoms with van der Waals surface area (Å²) in [6.07, 6.45) is 0.968. The highest BCUT2D eigenvalue weighted by Gasteiger charge is 2.39. The van der Waals surface area contributed by atoms with E-state index in [1.807, 2.05) is 36.4 Å². The van der Waals surface area contributed by atoms with Gasteiger partial charge in [-0.15, -0.1) is 0 Å². The van der Waals surface area contributed by atoms with Gasteiger partial charge in [-0.1, -0.05) is 47.2 Å². The van der Waals surface area contributed by atoms with Gasteiger partial charge in [-0.2, -0.15) is 10.8 Å². The second-order valence-corrected chi connectivity index (χ2v) is 9.03. The van der Waals surface area contributed by atoms with Crippen molar-refractivity contribution in [2.24, 2.45) is 5.22 Å². The molecule has 0 bridgehead atoms. The van der Waals surface area contributed by atoms with Gasteiger partial charge < -0.3 is 10.2 Å². The van der Waals surface area contributed by atoms with Crippen molar-refractivity contribution in [3.8, 4) is 6.07 Å². The number of piperazine rings is 1. The Labute approximate surface area is 229 Å². The van der Waals surface area contributed by atoms with Crippen molar-refractivity contribution in [2.75, 3.05) is 28.3 Å². The first-order valence-corrected chi connectivity index (χ1v) is 12.1. The van der Waals surface area contributed by atoms with E-state index in [4.69, 9.17) is 27.8 Å². The predicted octanol–water partition coefficient (Wildman–Crippen LogP) is 4.00. The number of rotatable bonds is 9. The second kappa shape index (κ2) is 12.0. The molecule has 1 aliphatic rings. The van der Waals surface area contributed by atoms with Gasteiger partial charge in [0.05, 0.1) is 23.0 Å². The zero-order chi connectivity index (χ0) is 27.9. The van der Waals surface area contributed by atoms with Crippen LogP contribution < -0.4 is 15.2 Å². The van der Waals surface area contributed by atoms with Crippen LogP contribution in [0.5, 0.6) is 0 Å². The van der Waals surface area contributed by atoms with Crippen LogP contribution >= 0.6 is 11.6 Å². The van der Waals surface area contributed by atoms with Gasteiger partial charge in [0, 0.05) is 17.1 Å². The van der Waals surface area contributed by atoms with Crippen molar-refractivity contribution >= 4 is 52.7 Å². The summed E-state index contributed by atoms with van der Waals surface area (Å²) in [6.45, 7) is -0.767. The van der Waals surface area contributed by atoms with E-state index in [1.54, 1.807) is 24.3 Å². The Morgan fingerprint density at radius 2 is 1.82 bits per heavy atom. The van der Waals surface area contributed by atoms with Crippen LogP contribution in [-0.2, 0) is 20.8 Å². The fourth-order valence-electron chi connectivity index (χ4n) is 4.23. The van der Waals surface area contributed by atoms with Crippen LogP contribution in [0.25, 0.3) is 0 Å². The van der Waals surface area contributed by atoms with E-state index >= 15 is 0 Å². The molecule has 1 aliphatic heterocycles. The van der Waals surface area contributed by atoms with Crippen molar-refractivity contribution < 1.29 is 14.4 Å². The molecule has 1 unspecified atom stereocenters. The number of halogens is 1. The molecular weight excluding hydrogens is 520 g/mol. The molecule has 3 aromatic rings. The molecule has 1 fully saturated rings. The minimum Gasteiger partial charge on any atom is -0.324 e. The summed E-state index contributed by atoms with van der Waals surface area (Å²) in [5, 5.41) is 23.8. The zero-order valence-corrected chi connectivity index (χ0v) is 21.3. The van der Waals surface area contributed by atoms with Crippen LogP contribution in [0.3, 0.4) is 0 Å². The fraction of sp³-hybridized carbons (Fsp3) is 0.148. The quantitative estimate of drug-likeness (QED) is 0.161. The van der Waals surface area contributed by atoms with Gasteiger partial charge in [0.25, 0.3) is 0 Å². The summed E-state index contributed by atoms with van der Waals surface area (Å²) >= 11 is 6.16. The molecular formula is C27H23ClN8O3. The van der Waals surface area contributed by atoms with Gasteiger partial charge in [-0.05, 0) is 48.0 Å². The van der Waals surface area contributed by atoms with Crippen LogP contribution in [0, 0.1) is 22.3 Å². The van der Waals surface area contributed by atoms with E-state index in [0.717, 1.165) is 16.9 Å². The highest BCUT2D eigenvalue weighted by molar-refractivity contribution is 6.31. The molecule has 3 aromatic carbocycles. The van der Waals surface area contributed by atoms with E-state index in [9.17, 15) is 14.4 Å². The number of amides is 3. The fourth-order valence-corrected chi connectivity index (χ4v) is 4.40. The molecule has 0 aromatic heterocycles. The molecule has 11 nitrogen and oxygen atoms in total. The first-order valence-electron chi connectivity index (χ1n) is 11.8. The Morgan fingerprint density at radius 1 is 1.10 bits per heavy atom. The smallest absolute Gasteiger partial charge is 0.247 e. The third kappa shape index (κ3) is 6.08. The van der Waals surface area contributed by atoms with Gasteiger partial charge in [-0.25, -0.2) is 5.01 Å². The van der Waals surface area contributed by atoms with E-state index in [2.05, 4.69) is 10.5 Å². The van der Waals surface area contributed by atoms with E-state index in [-0.39, 0.29) is 35.9 Å². The molecule has 3 amide bonds. The number of nitrogens with one attached hydrogen (secondary N) is 3. The molecule has 3 N–H and O–H groups in total. The second-order valence-electron chi connectivity index (χ2n) is 8.59. The van der Waals surface area contributed by atoms with Gasteiger partial charge in [0.1, 0.15) is 25.5 Å². The molecule has 1 saturated heterocycles. The maximum Gasteiger partial charge on any atom is 0.247 e. The number of anilines is 3. The number of hydrogen-bond donors (Lipinski definition) is 3. The minimum absolute atomic E-state index is 0.170. The Hall–Kier alpha value is -5.08. The Morgan fingerprint density at radius 3 is 2.46 bits per heavy atom. The highest BCUT2D eigenvalue weighted by Crippen LogP contribution is 2.33. The van der Waals surface area contributed by atoms with Gasteiger partial charge in [0.2, 0.25) is 17.7 Å². The minimum atomic E-state index is -0.998. The predicted molar refractivity (Wildman–Crippen MR) is 146 cm³/mol. The highest BCUT2D eigenvalue weighted by atomic mass is 35.5. The summed E-state index contributed by atoms with van der Waals surface area (Å²) in [4.78, 5) is 42.8. The molecule has 0 saturated carbocycles. The van der Waals surface area contributed by atoms with Crippen LogP contribution in [-0.4, -0.2) is 48.1 Å². The molecule has 0 radical (unpaired) electrons. The van der Waals surface area contributed by atoms with Crippen LogP contribution in [0.2, 0.25) is 5.02 Å². The van der Waals surface area contributed by atoms with Crippen LogP contribution in [0.4, 0.5) is 17.1 Å². The van der Waals surface area contributed by atoms with Crippen molar-refractivity contribution in [3.63, 3.8) is 0 Å². The normalized spacial score (nSPS) is 13.8. The first-order chi connectivity index (χ1) is 18.8. The number of nitrogens with zero attached hydrogens (tertiary/aromatic N) is 5. The Bertz CT molecular complexity index is 1450. The summed E-state index contributed by atoms with van der Waals surface area (Å²) < 4.78 is 0. The van der Waals surface area contributed by atoms with Crippen molar-refractivity contribution in [2.45, 2.75) is 12.5 Å². The number of benzene rings is 3. The largest absolute Gasteiger partial charge is 0.324 e. The lowest BCUT2D eigenvalue weighted by molar-refractivity contribution is -0.143. The van der Waals surface area contributed by atoms with Crippen molar-refractivity contribution in [3.05, 3.63) is 88.9 Å². The topological polar surface area (TPSA) is 157 Å². The number of hydrogen-bond acceptors (Lipinski definition) is 7. The lowest BCUT2D eigenvalue weighted by Crippen LogP contribution is -2.60. The molecule has 12 heteroatoms. The molecule has 0 spiro atoms. The summed E-state index contributed by atoms with van der Waals surface area (Å²) in [7, 11) is 0. The van der Waals surface area contributed by atoms with E-state index in [0.29, 0.717) is 11.3 Å². The lowest BCUT2D eigenvalue weighted by atomic mass is 10.0. The Kier molecular flexibility index (Phi) is 8.28. The number of nitriles is 1. The van der Waals surface area contributed by atoms with Gasteiger partial charge in [0.15, 0.2) is 0 Å². The van der Waals surface area contributed by atoms with Gasteiger partial charge >= 0.3 is 0 Å². The molecule has 1 atom stereocenters. The maximum absolute atomic E-state index is 13.5. The molecule has 4 rings (SSSR count). The van der Waals surface area contributed by atoms with Crippen molar-refractivity contribution in [1.29, 1.82) is 16.2 Å². The standard InChI is InChI=1S/C27H23ClN8O3/c28-20-8-11-22(36(17-30)33-31)23(13-20)34-15-26(38)35(16-25(34)37)24(12-18-4-2-1-3-5-18)27(39)32-21-9-6-19(14-29)7-10-21/h1-11,13,17,24,30-31H,12,15-16H2,(H,32,39). The first kappa shape index (κ1) is 27.0. The van der Waals surface area contributed by atoms with E-state index < -0.39 is 23.8 Å². The monoisotopic (exact) mass is 542 g/mol. The van der Waals surface area contributed by atoms with Crippen LogP contribution in [0.15, 0.2) is 78.0 Å². The number of carbonyl (C=O) groups is 3. The lowest BCUT2D eigenvalue weighted by Gasteiger charge is -2.38. The third-order valence-electron chi connectivity index (χ3n) is 6.16. The molecule has 39 heavy (non-hydrogen) atoms. The molecule has 1 heterocycles. The Balaban J connectivity index is 1.63. The SMILES string of the molecule is N#Cc1ccc(NC(=O)C(Cc2ccccc2)N2CC(=O)N(c3cc(Cl)ccc3N(C=N)N=N)CC2=O)cc1. The zero-order valence-electron chi connectivity index (χ0n) is 20.5. The van der Waals surface area contributed by atoms with Crippen LogP contribution in [0.1, 0.15) is 11.1 Å². The van der Waals surface area contributed by atoms with E-state index in [1.165, 1.54) is 28.0 Å². The summed E-state index contributed by atoms with van der Waals surface area (Å²) in [5.74, 6) is -1.43. The molecule has 196 valence electrons. The third-order valence-corrected chi connectivity index (χ3v) is 6.39. The van der Waals surface area contributed by atoms with Gasteiger partial charge in [-0.3, -0.25) is 24.7 Å². The van der Waals surface area contributed by atoms with Crippen molar-refractivity contribution in [1.82, 2.24) is 4.90 Å².